The fourth-order valence-corrected chi connectivity index (χ4v) is 5.25. The highest BCUT2D eigenvalue weighted by Gasteiger charge is 2.17. The van der Waals surface area contributed by atoms with Crippen LogP contribution in [0.15, 0.2) is 94.8 Å². The highest BCUT2D eigenvalue weighted by Crippen LogP contribution is 2.22. The van der Waals surface area contributed by atoms with Gasteiger partial charge in [-0.1, -0.05) is 30.3 Å². The lowest BCUT2D eigenvalue weighted by Gasteiger charge is -2.16. The average Bonchev–Trinajstić information content (AvgIpc) is 3.40. The van der Waals surface area contributed by atoms with Gasteiger partial charge < -0.3 is 10.1 Å². The van der Waals surface area contributed by atoms with Gasteiger partial charge in [0.05, 0.1) is 6.04 Å². The second-order valence-electron chi connectivity index (χ2n) is 7.53. The number of pyridine rings is 1. The third-order valence-corrected chi connectivity index (χ3v) is 7.77. The minimum absolute atomic E-state index is 0.212. The highest BCUT2D eigenvalue weighted by molar-refractivity contribution is 7.94. The Morgan fingerprint density at radius 3 is 2.59 bits per heavy atom. The number of sulfonamides is 1. The van der Waals surface area contributed by atoms with Crippen LogP contribution >= 0.6 is 11.3 Å². The fourth-order valence-electron chi connectivity index (χ4n) is 3.21. The first-order valence-electron chi connectivity index (χ1n) is 10.5. The number of amides is 1. The van der Waals surface area contributed by atoms with Gasteiger partial charge in [0, 0.05) is 29.2 Å². The fraction of sp³-hybridized carbons (Fsp3) is 0.120. The third kappa shape index (κ3) is 6.00. The second-order valence-corrected chi connectivity index (χ2v) is 10.4. The SMILES string of the molecule is CC(NC(=O)c1cccc(NS(=O)(=O)c2cccs2)c1)c1ccc(OCc2cccnc2)cc1. The molecule has 0 saturated carbocycles. The van der Waals surface area contributed by atoms with Crippen molar-refractivity contribution in [2.45, 2.75) is 23.8 Å². The summed E-state index contributed by atoms with van der Waals surface area (Å²) in [6, 6.07) is 20.7. The molecule has 0 aliphatic rings. The van der Waals surface area contributed by atoms with E-state index in [0.29, 0.717) is 17.9 Å². The van der Waals surface area contributed by atoms with Crippen LogP contribution in [0, 0.1) is 0 Å². The van der Waals surface area contributed by atoms with Gasteiger partial charge in [0.25, 0.3) is 15.9 Å². The van der Waals surface area contributed by atoms with Crippen molar-refractivity contribution in [2.24, 2.45) is 0 Å². The highest BCUT2D eigenvalue weighted by atomic mass is 32.2. The molecule has 4 rings (SSSR count). The summed E-state index contributed by atoms with van der Waals surface area (Å²) >= 11 is 1.13. The predicted molar refractivity (Wildman–Crippen MR) is 132 cm³/mol. The molecule has 0 aliphatic heterocycles. The van der Waals surface area contributed by atoms with Crippen LogP contribution in [0.1, 0.15) is 34.5 Å². The number of nitrogens with one attached hydrogen (secondary N) is 2. The molecule has 1 amide bonds. The van der Waals surface area contributed by atoms with Crippen molar-refractivity contribution in [1.82, 2.24) is 10.3 Å². The summed E-state index contributed by atoms with van der Waals surface area (Å²) in [5.74, 6) is 0.415. The summed E-state index contributed by atoms with van der Waals surface area (Å²) in [4.78, 5) is 16.9. The Balaban J connectivity index is 1.36. The molecule has 174 valence electrons. The molecule has 9 heteroatoms. The lowest BCUT2D eigenvalue weighted by molar-refractivity contribution is 0.0940. The van der Waals surface area contributed by atoms with Crippen molar-refractivity contribution in [2.75, 3.05) is 4.72 Å². The van der Waals surface area contributed by atoms with Crippen LogP contribution in [0.3, 0.4) is 0 Å². The van der Waals surface area contributed by atoms with Gasteiger partial charge in [-0.3, -0.25) is 14.5 Å². The van der Waals surface area contributed by atoms with Gasteiger partial charge in [0.15, 0.2) is 0 Å². The van der Waals surface area contributed by atoms with E-state index in [0.717, 1.165) is 28.2 Å². The summed E-state index contributed by atoms with van der Waals surface area (Å²) < 4.78 is 33.4. The Bertz CT molecular complexity index is 1340. The Morgan fingerprint density at radius 2 is 1.88 bits per heavy atom. The molecule has 0 bridgehead atoms. The zero-order chi connectivity index (χ0) is 24.0. The standard InChI is InChI=1S/C25H23N3O4S2/c1-18(20-9-11-23(12-10-20)32-17-19-5-3-13-26-16-19)27-25(29)21-6-2-7-22(15-21)28-34(30,31)24-8-4-14-33-24/h2-16,18,28H,17H2,1H3,(H,27,29). The molecule has 34 heavy (non-hydrogen) atoms. The van der Waals surface area contributed by atoms with Crippen LogP contribution in [0.25, 0.3) is 0 Å². The van der Waals surface area contributed by atoms with Gasteiger partial charge in [-0.15, -0.1) is 11.3 Å². The minimum atomic E-state index is -3.68. The van der Waals surface area contributed by atoms with E-state index in [9.17, 15) is 13.2 Å². The Labute approximate surface area is 202 Å². The van der Waals surface area contributed by atoms with Crippen LogP contribution in [-0.4, -0.2) is 19.3 Å². The van der Waals surface area contributed by atoms with E-state index in [1.165, 1.54) is 12.1 Å². The predicted octanol–water partition coefficient (Wildman–Crippen LogP) is 5.01. The number of rotatable bonds is 9. The molecule has 2 N–H and O–H groups in total. The van der Waals surface area contributed by atoms with E-state index in [-0.39, 0.29) is 16.2 Å². The van der Waals surface area contributed by atoms with Crippen LogP contribution in [0.5, 0.6) is 5.75 Å². The molecule has 0 saturated heterocycles. The van der Waals surface area contributed by atoms with E-state index < -0.39 is 10.0 Å². The molecular formula is C25H23N3O4S2. The van der Waals surface area contributed by atoms with Crippen molar-refractivity contribution in [3.05, 3.63) is 107 Å². The summed E-state index contributed by atoms with van der Waals surface area (Å²) in [6.45, 7) is 2.30. The monoisotopic (exact) mass is 493 g/mol. The van der Waals surface area contributed by atoms with Gasteiger partial charge >= 0.3 is 0 Å². The van der Waals surface area contributed by atoms with Gasteiger partial charge in [-0.25, -0.2) is 8.42 Å². The molecule has 7 nitrogen and oxygen atoms in total. The first kappa shape index (κ1) is 23.5. The number of carbonyl (C=O) groups is 1. The van der Waals surface area contributed by atoms with Gasteiger partial charge in [-0.2, -0.15) is 0 Å². The number of thiophene rings is 1. The molecule has 0 radical (unpaired) electrons. The lowest BCUT2D eigenvalue weighted by Crippen LogP contribution is -2.26. The maximum absolute atomic E-state index is 12.8. The second kappa shape index (κ2) is 10.5. The van der Waals surface area contributed by atoms with Crippen molar-refractivity contribution in [3.8, 4) is 5.75 Å². The summed E-state index contributed by atoms with van der Waals surface area (Å²) in [5.41, 5.74) is 2.57. The zero-order valence-corrected chi connectivity index (χ0v) is 20.0. The summed E-state index contributed by atoms with van der Waals surface area (Å²) in [7, 11) is -3.68. The van der Waals surface area contributed by atoms with Crippen LogP contribution in [0.2, 0.25) is 0 Å². The normalized spacial score (nSPS) is 12.0. The minimum Gasteiger partial charge on any atom is -0.489 e. The number of anilines is 1. The molecule has 0 aliphatic carbocycles. The van der Waals surface area contributed by atoms with E-state index in [1.54, 1.807) is 42.0 Å². The first-order chi connectivity index (χ1) is 16.4. The molecule has 4 aromatic rings. The van der Waals surface area contributed by atoms with E-state index in [2.05, 4.69) is 15.0 Å². The Hall–Kier alpha value is -3.69. The van der Waals surface area contributed by atoms with Crippen molar-refractivity contribution >= 4 is 33.0 Å². The number of nitrogens with zero attached hydrogens (tertiary/aromatic N) is 1. The Morgan fingerprint density at radius 1 is 1.06 bits per heavy atom. The number of ether oxygens (including phenoxy) is 1. The van der Waals surface area contributed by atoms with Crippen LogP contribution in [-0.2, 0) is 16.6 Å². The lowest BCUT2D eigenvalue weighted by atomic mass is 10.1. The molecule has 1 unspecified atom stereocenters. The third-order valence-electron chi connectivity index (χ3n) is 4.99. The molecule has 1 atom stereocenters. The van der Waals surface area contributed by atoms with E-state index >= 15 is 0 Å². The number of hydrogen-bond acceptors (Lipinski definition) is 6. The molecule has 2 aromatic heterocycles. The maximum Gasteiger partial charge on any atom is 0.271 e. The quantitative estimate of drug-likeness (QED) is 0.341. The zero-order valence-electron chi connectivity index (χ0n) is 18.3. The van der Waals surface area contributed by atoms with Crippen LogP contribution in [0.4, 0.5) is 5.69 Å². The number of carbonyl (C=O) groups excluding carboxylic acids is 1. The topological polar surface area (TPSA) is 97.4 Å². The average molecular weight is 494 g/mol. The summed E-state index contributed by atoms with van der Waals surface area (Å²) in [6.07, 6.45) is 3.47. The van der Waals surface area contributed by atoms with E-state index in [1.807, 2.05) is 43.3 Å². The largest absolute Gasteiger partial charge is 0.489 e. The first-order valence-corrected chi connectivity index (χ1v) is 12.9. The molecule has 2 aromatic carbocycles. The van der Waals surface area contributed by atoms with Gasteiger partial charge in [0.2, 0.25) is 0 Å². The number of benzene rings is 2. The van der Waals surface area contributed by atoms with Crippen molar-refractivity contribution in [3.63, 3.8) is 0 Å². The van der Waals surface area contributed by atoms with Crippen LogP contribution < -0.4 is 14.8 Å². The molecule has 0 fully saturated rings. The number of hydrogen-bond donors (Lipinski definition) is 2. The molecular weight excluding hydrogens is 470 g/mol. The Kier molecular flexibility index (Phi) is 7.24. The smallest absolute Gasteiger partial charge is 0.271 e. The maximum atomic E-state index is 12.8. The van der Waals surface area contributed by atoms with Gasteiger partial charge in [0.1, 0.15) is 16.6 Å². The van der Waals surface area contributed by atoms with E-state index in [4.69, 9.17) is 4.74 Å². The molecule has 0 spiro atoms. The van der Waals surface area contributed by atoms with Gasteiger partial charge in [-0.05, 0) is 60.3 Å². The summed E-state index contributed by atoms with van der Waals surface area (Å²) in [5, 5.41) is 4.64. The van der Waals surface area contributed by atoms with Crippen molar-refractivity contribution < 1.29 is 17.9 Å². The van der Waals surface area contributed by atoms with Crippen molar-refractivity contribution in [1.29, 1.82) is 0 Å². The molecule has 2 heterocycles. The number of aromatic nitrogens is 1.